The summed E-state index contributed by atoms with van der Waals surface area (Å²) in [5.74, 6) is 0.510. The number of halogens is 1. The van der Waals surface area contributed by atoms with Crippen molar-refractivity contribution in [2.24, 2.45) is 5.73 Å². The first-order valence-electron chi connectivity index (χ1n) is 8.61. The van der Waals surface area contributed by atoms with E-state index in [0.29, 0.717) is 0 Å². The highest BCUT2D eigenvalue weighted by Gasteiger charge is 2.19. The molecule has 2 N–H and O–H groups in total. The number of aryl methyl sites for hydroxylation is 1. The van der Waals surface area contributed by atoms with Gasteiger partial charge in [0.15, 0.2) is 5.76 Å². The quantitative estimate of drug-likeness (QED) is 0.743. The van der Waals surface area contributed by atoms with Crippen molar-refractivity contribution in [3.05, 3.63) is 76.7 Å². The van der Waals surface area contributed by atoms with Gasteiger partial charge in [-0.05, 0) is 66.1 Å². The van der Waals surface area contributed by atoms with E-state index in [4.69, 9.17) is 15.1 Å². The van der Waals surface area contributed by atoms with Crippen LogP contribution in [0.1, 0.15) is 34.4 Å². The fraction of sp³-hybridized carbons (Fsp3) is 0.238. The molecular weight excluding hydrogens is 348 g/mol. The maximum atomic E-state index is 11.0. The van der Waals surface area contributed by atoms with Gasteiger partial charge in [0.05, 0.1) is 12.7 Å². The van der Waals surface area contributed by atoms with Gasteiger partial charge >= 0.3 is 0 Å². The summed E-state index contributed by atoms with van der Waals surface area (Å²) in [7, 11) is 0. The first kappa shape index (κ1) is 18.2. The highest BCUT2D eigenvalue weighted by molar-refractivity contribution is 5.85. The third-order valence-electron chi connectivity index (χ3n) is 4.71. The highest BCUT2D eigenvalue weighted by Crippen LogP contribution is 2.30. The molecule has 0 saturated carbocycles. The molecule has 134 valence electrons. The monoisotopic (exact) mass is 368 g/mol. The average Bonchev–Trinajstić information content (AvgIpc) is 3.27. The molecule has 0 fully saturated rings. The molecule has 0 saturated heterocycles. The zero-order valence-corrected chi connectivity index (χ0v) is 15.2. The Labute approximate surface area is 158 Å². The molecule has 4 rings (SSSR count). The smallest absolute Gasteiger partial charge is 0.221 e. The van der Waals surface area contributed by atoms with E-state index in [1.165, 1.54) is 22.4 Å². The van der Waals surface area contributed by atoms with E-state index in [1.807, 2.05) is 24.3 Å². The van der Waals surface area contributed by atoms with Crippen molar-refractivity contribution >= 4 is 18.3 Å². The number of pyridine rings is 1. The van der Waals surface area contributed by atoms with Crippen LogP contribution in [0.4, 0.5) is 0 Å². The summed E-state index contributed by atoms with van der Waals surface area (Å²) in [6.07, 6.45) is 6.11. The summed E-state index contributed by atoms with van der Waals surface area (Å²) >= 11 is 0. The Morgan fingerprint density at radius 3 is 2.58 bits per heavy atom. The lowest BCUT2D eigenvalue weighted by Crippen LogP contribution is -2.13. The van der Waals surface area contributed by atoms with Crippen LogP contribution in [-0.4, -0.2) is 10.9 Å². The van der Waals surface area contributed by atoms with Crippen molar-refractivity contribution in [1.29, 1.82) is 0 Å². The summed E-state index contributed by atoms with van der Waals surface area (Å²) in [4.78, 5) is 15.8. The van der Waals surface area contributed by atoms with E-state index in [2.05, 4.69) is 18.2 Å². The van der Waals surface area contributed by atoms with E-state index in [0.717, 1.165) is 42.7 Å². The standard InChI is InChI=1S/C21H20N2O2.ClH/c22-21(24)12-15-8-6-14(7-9-15)11-16-13-19(20-5-2-10-25-20)23-18-4-1-3-17(16)18;/h2,5-10,13H,1,3-4,11-12H2,(H2,22,24);1H. The summed E-state index contributed by atoms with van der Waals surface area (Å²) in [5.41, 5.74) is 12.2. The van der Waals surface area contributed by atoms with E-state index in [9.17, 15) is 4.79 Å². The maximum Gasteiger partial charge on any atom is 0.221 e. The van der Waals surface area contributed by atoms with E-state index in [-0.39, 0.29) is 24.7 Å². The number of fused-ring (bicyclic) bond motifs is 1. The van der Waals surface area contributed by atoms with Gasteiger partial charge in [-0.25, -0.2) is 4.98 Å². The van der Waals surface area contributed by atoms with Gasteiger partial charge in [0.1, 0.15) is 5.69 Å². The number of benzene rings is 1. The zero-order valence-electron chi connectivity index (χ0n) is 14.4. The van der Waals surface area contributed by atoms with Crippen molar-refractivity contribution in [2.75, 3.05) is 0 Å². The summed E-state index contributed by atoms with van der Waals surface area (Å²) in [6, 6.07) is 14.1. The van der Waals surface area contributed by atoms with Crippen LogP contribution in [0.5, 0.6) is 0 Å². The number of amides is 1. The van der Waals surface area contributed by atoms with E-state index >= 15 is 0 Å². The molecule has 4 nitrogen and oxygen atoms in total. The second-order valence-electron chi connectivity index (χ2n) is 6.56. The molecule has 0 radical (unpaired) electrons. The largest absolute Gasteiger partial charge is 0.463 e. The number of aromatic nitrogens is 1. The molecule has 0 spiro atoms. The maximum absolute atomic E-state index is 11.0. The molecule has 0 atom stereocenters. The van der Waals surface area contributed by atoms with Crippen molar-refractivity contribution in [3.8, 4) is 11.5 Å². The van der Waals surface area contributed by atoms with Crippen LogP contribution < -0.4 is 5.73 Å². The van der Waals surface area contributed by atoms with Gasteiger partial charge in [0, 0.05) is 5.69 Å². The van der Waals surface area contributed by atoms with Gasteiger partial charge in [-0.3, -0.25) is 4.79 Å². The lowest BCUT2D eigenvalue weighted by Gasteiger charge is -2.11. The fourth-order valence-electron chi connectivity index (χ4n) is 3.53. The summed E-state index contributed by atoms with van der Waals surface area (Å²) in [5, 5.41) is 0. The van der Waals surface area contributed by atoms with Crippen LogP contribution in [0.3, 0.4) is 0 Å². The van der Waals surface area contributed by atoms with Gasteiger partial charge in [-0.2, -0.15) is 0 Å². The first-order chi connectivity index (χ1) is 12.2. The summed E-state index contributed by atoms with van der Waals surface area (Å²) < 4.78 is 5.53. The Kier molecular flexibility index (Phi) is 5.43. The van der Waals surface area contributed by atoms with Crippen LogP contribution in [0.2, 0.25) is 0 Å². The molecule has 26 heavy (non-hydrogen) atoms. The number of nitrogens with two attached hydrogens (primary N) is 1. The molecule has 0 aliphatic heterocycles. The van der Waals surface area contributed by atoms with Gasteiger partial charge in [0.25, 0.3) is 0 Å². The molecule has 1 aliphatic rings. The predicted molar refractivity (Wildman–Crippen MR) is 103 cm³/mol. The number of carbonyl (C=O) groups excluding carboxylic acids is 1. The zero-order chi connectivity index (χ0) is 17.2. The Balaban J connectivity index is 0.00000196. The van der Waals surface area contributed by atoms with Crippen molar-refractivity contribution in [1.82, 2.24) is 4.98 Å². The van der Waals surface area contributed by atoms with Crippen LogP contribution in [0.15, 0.2) is 53.1 Å². The van der Waals surface area contributed by atoms with E-state index in [1.54, 1.807) is 6.26 Å². The van der Waals surface area contributed by atoms with Crippen LogP contribution in [0, 0.1) is 0 Å². The minimum Gasteiger partial charge on any atom is -0.463 e. The predicted octanol–water partition coefficient (Wildman–Crippen LogP) is 3.87. The van der Waals surface area contributed by atoms with Gasteiger partial charge in [0.2, 0.25) is 5.91 Å². The lowest BCUT2D eigenvalue weighted by molar-refractivity contribution is -0.117. The van der Waals surface area contributed by atoms with Crippen LogP contribution >= 0.6 is 12.4 Å². The minimum atomic E-state index is -0.303. The SMILES string of the molecule is Cl.NC(=O)Cc1ccc(Cc2cc(-c3ccco3)nc3c2CCC3)cc1. The van der Waals surface area contributed by atoms with Crippen molar-refractivity contribution in [3.63, 3.8) is 0 Å². The number of hydrogen-bond acceptors (Lipinski definition) is 3. The average molecular weight is 369 g/mol. The molecule has 0 unspecified atom stereocenters. The Bertz CT molecular complexity index is 903. The molecule has 2 heterocycles. The van der Waals surface area contributed by atoms with Crippen LogP contribution in [-0.2, 0) is 30.5 Å². The topological polar surface area (TPSA) is 69.1 Å². The van der Waals surface area contributed by atoms with Crippen LogP contribution in [0.25, 0.3) is 11.5 Å². The number of carbonyl (C=O) groups is 1. The summed E-state index contributed by atoms with van der Waals surface area (Å²) in [6.45, 7) is 0. The first-order valence-corrected chi connectivity index (χ1v) is 8.61. The second-order valence-corrected chi connectivity index (χ2v) is 6.56. The fourth-order valence-corrected chi connectivity index (χ4v) is 3.53. The molecular formula is C21H21ClN2O2. The van der Waals surface area contributed by atoms with Crippen molar-refractivity contribution < 1.29 is 9.21 Å². The van der Waals surface area contributed by atoms with Gasteiger partial charge in [-0.1, -0.05) is 24.3 Å². The Hall–Kier alpha value is -2.59. The molecule has 5 heteroatoms. The number of rotatable bonds is 5. The number of furan rings is 1. The normalized spacial score (nSPS) is 12.5. The minimum absolute atomic E-state index is 0. The Morgan fingerprint density at radius 1 is 1.12 bits per heavy atom. The third kappa shape index (κ3) is 3.81. The molecule has 1 aliphatic carbocycles. The van der Waals surface area contributed by atoms with Crippen molar-refractivity contribution in [2.45, 2.75) is 32.1 Å². The molecule has 3 aromatic rings. The number of hydrogen-bond donors (Lipinski definition) is 1. The molecule has 0 bridgehead atoms. The highest BCUT2D eigenvalue weighted by atomic mass is 35.5. The van der Waals surface area contributed by atoms with Gasteiger partial charge < -0.3 is 10.2 Å². The van der Waals surface area contributed by atoms with E-state index < -0.39 is 0 Å². The lowest BCUT2D eigenvalue weighted by atomic mass is 9.97. The molecule has 2 aromatic heterocycles. The Morgan fingerprint density at radius 2 is 1.88 bits per heavy atom. The number of nitrogens with zero attached hydrogens (tertiary/aromatic N) is 1. The van der Waals surface area contributed by atoms with Gasteiger partial charge in [-0.15, -0.1) is 12.4 Å². The third-order valence-corrected chi connectivity index (χ3v) is 4.71. The molecule has 1 amide bonds. The number of primary amides is 1. The molecule has 1 aromatic carbocycles. The second kappa shape index (κ2) is 7.75.